The second-order valence-corrected chi connectivity index (χ2v) is 8.57. The van der Waals surface area contributed by atoms with Crippen LogP contribution in [0.5, 0.6) is 0 Å². The molecule has 2 aromatic rings. The minimum Gasteiger partial charge on any atom is -0.361 e. The average Bonchev–Trinajstić information content (AvgIpc) is 3.15. The minimum absolute atomic E-state index is 0.0766. The van der Waals surface area contributed by atoms with Gasteiger partial charge in [-0.15, -0.1) is 0 Å². The molecule has 0 saturated carbocycles. The van der Waals surface area contributed by atoms with Crippen LogP contribution in [0.3, 0.4) is 0 Å². The fourth-order valence-corrected chi connectivity index (χ4v) is 5.75. The summed E-state index contributed by atoms with van der Waals surface area (Å²) in [5.41, 5.74) is 2.22. The molecule has 1 amide bonds. The molecule has 2 atom stereocenters. The Labute approximate surface area is 129 Å². The van der Waals surface area contributed by atoms with Crippen molar-refractivity contribution >= 4 is 26.6 Å². The topological polar surface area (TPSA) is 70.2 Å². The van der Waals surface area contributed by atoms with Gasteiger partial charge < -0.3 is 9.88 Å². The van der Waals surface area contributed by atoms with Gasteiger partial charge >= 0.3 is 0 Å². The molecule has 2 saturated heterocycles. The Hall–Kier alpha value is -1.82. The van der Waals surface area contributed by atoms with Crippen LogP contribution in [0.1, 0.15) is 18.4 Å². The average molecular weight is 318 g/mol. The van der Waals surface area contributed by atoms with Crippen LogP contribution in [0.2, 0.25) is 0 Å². The van der Waals surface area contributed by atoms with Crippen molar-refractivity contribution in [3.05, 3.63) is 36.0 Å². The van der Waals surface area contributed by atoms with Gasteiger partial charge in [0.05, 0.1) is 11.0 Å². The standard InChI is InChI=1S/C16H18N2O3S/c19-16(18-9-13-7-12(18)10-22(13,20)21)6-5-11-8-17-15-4-2-1-3-14(11)15/h1-4,8,12-13,17H,5-7,9-10H2. The van der Waals surface area contributed by atoms with Crippen LogP contribution in [-0.4, -0.2) is 47.8 Å². The van der Waals surface area contributed by atoms with E-state index in [9.17, 15) is 13.2 Å². The number of para-hydroxylation sites is 1. The van der Waals surface area contributed by atoms with Crippen molar-refractivity contribution in [2.75, 3.05) is 12.3 Å². The summed E-state index contributed by atoms with van der Waals surface area (Å²) in [5.74, 6) is 0.226. The number of rotatable bonds is 3. The zero-order valence-electron chi connectivity index (χ0n) is 12.2. The zero-order valence-corrected chi connectivity index (χ0v) is 13.0. The number of aromatic amines is 1. The number of nitrogens with zero attached hydrogens (tertiary/aromatic N) is 1. The molecule has 4 rings (SSSR count). The number of H-pyrrole nitrogens is 1. The molecule has 5 nitrogen and oxygen atoms in total. The summed E-state index contributed by atoms with van der Waals surface area (Å²) in [5, 5.41) is 0.829. The summed E-state index contributed by atoms with van der Waals surface area (Å²) in [6.45, 7) is 0.389. The van der Waals surface area contributed by atoms with E-state index in [-0.39, 0.29) is 23.0 Å². The van der Waals surface area contributed by atoms with Gasteiger partial charge in [-0.05, 0) is 24.5 Å². The monoisotopic (exact) mass is 318 g/mol. The van der Waals surface area contributed by atoms with E-state index in [0.29, 0.717) is 25.8 Å². The van der Waals surface area contributed by atoms with Gasteiger partial charge in [-0.3, -0.25) is 4.79 Å². The van der Waals surface area contributed by atoms with Gasteiger partial charge in [-0.1, -0.05) is 18.2 Å². The molecule has 22 heavy (non-hydrogen) atoms. The maximum Gasteiger partial charge on any atom is 0.223 e. The first-order valence-electron chi connectivity index (χ1n) is 7.60. The van der Waals surface area contributed by atoms with Gasteiger partial charge in [0.1, 0.15) is 0 Å². The van der Waals surface area contributed by atoms with Crippen molar-refractivity contribution in [1.29, 1.82) is 0 Å². The molecule has 0 radical (unpaired) electrons. The number of nitrogens with one attached hydrogen (secondary N) is 1. The predicted octanol–water partition coefficient (Wildman–Crippen LogP) is 1.50. The van der Waals surface area contributed by atoms with E-state index in [1.165, 1.54) is 0 Å². The SMILES string of the molecule is O=C(CCc1c[nH]c2ccccc12)N1CC2CC1CS2(=O)=O. The Morgan fingerprint density at radius 2 is 2.14 bits per heavy atom. The number of aromatic nitrogens is 1. The van der Waals surface area contributed by atoms with Crippen LogP contribution >= 0.6 is 0 Å². The Morgan fingerprint density at radius 1 is 1.32 bits per heavy atom. The summed E-state index contributed by atoms with van der Waals surface area (Å²) in [7, 11) is -2.94. The number of hydrogen-bond donors (Lipinski definition) is 1. The Morgan fingerprint density at radius 3 is 2.86 bits per heavy atom. The molecular weight excluding hydrogens is 300 g/mol. The molecule has 1 aromatic heterocycles. The van der Waals surface area contributed by atoms with Gasteiger partial charge in [0, 0.05) is 36.1 Å². The molecule has 2 fully saturated rings. The van der Waals surface area contributed by atoms with Crippen LogP contribution < -0.4 is 0 Å². The molecule has 1 aromatic carbocycles. The van der Waals surface area contributed by atoms with E-state index in [4.69, 9.17) is 0 Å². The third kappa shape index (κ3) is 2.13. The first-order valence-corrected chi connectivity index (χ1v) is 9.32. The predicted molar refractivity (Wildman–Crippen MR) is 84.3 cm³/mol. The van der Waals surface area contributed by atoms with E-state index in [1.807, 2.05) is 24.4 Å². The van der Waals surface area contributed by atoms with E-state index in [2.05, 4.69) is 11.1 Å². The van der Waals surface area contributed by atoms with Crippen molar-refractivity contribution in [3.8, 4) is 0 Å². The number of aryl methyl sites for hydroxylation is 1. The fraction of sp³-hybridized carbons (Fsp3) is 0.438. The first kappa shape index (κ1) is 13.8. The molecule has 1 N–H and O–H groups in total. The van der Waals surface area contributed by atoms with Gasteiger partial charge in [0.2, 0.25) is 5.91 Å². The van der Waals surface area contributed by atoms with Gasteiger partial charge in [-0.25, -0.2) is 8.42 Å². The van der Waals surface area contributed by atoms with Gasteiger partial charge in [0.25, 0.3) is 0 Å². The molecule has 2 bridgehead atoms. The van der Waals surface area contributed by atoms with Crippen molar-refractivity contribution in [2.45, 2.75) is 30.6 Å². The maximum atomic E-state index is 12.4. The summed E-state index contributed by atoms with van der Waals surface area (Å²) in [4.78, 5) is 17.4. The Bertz CT molecular complexity index is 840. The lowest BCUT2D eigenvalue weighted by molar-refractivity contribution is -0.131. The summed E-state index contributed by atoms with van der Waals surface area (Å²) in [6.07, 6.45) is 3.70. The van der Waals surface area contributed by atoms with Crippen LogP contribution in [-0.2, 0) is 21.1 Å². The second kappa shape index (κ2) is 4.84. The first-order chi connectivity index (χ1) is 10.5. The fourth-order valence-electron chi connectivity index (χ4n) is 3.73. The van der Waals surface area contributed by atoms with Crippen LogP contribution in [0, 0.1) is 0 Å². The molecule has 0 spiro atoms. The molecule has 116 valence electrons. The number of fused-ring (bicyclic) bond motifs is 3. The van der Waals surface area contributed by atoms with Crippen LogP contribution in [0.4, 0.5) is 0 Å². The van der Waals surface area contributed by atoms with Crippen molar-refractivity contribution in [1.82, 2.24) is 9.88 Å². The van der Waals surface area contributed by atoms with E-state index < -0.39 is 9.84 Å². The molecule has 2 aliphatic rings. The molecule has 0 aliphatic carbocycles. The smallest absolute Gasteiger partial charge is 0.223 e. The number of carbonyl (C=O) groups excluding carboxylic acids is 1. The van der Waals surface area contributed by atoms with Crippen LogP contribution in [0.15, 0.2) is 30.5 Å². The second-order valence-electron chi connectivity index (χ2n) is 6.25. The number of sulfone groups is 1. The number of benzene rings is 1. The van der Waals surface area contributed by atoms with Gasteiger partial charge in [0.15, 0.2) is 9.84 Å². The highest BCUT2D eigenvalue weighted by atomic mass is 32.2. The van der Waals surface area contributed by atoms with Crippen LogP contribution in [0.25, 0.3) is 10.9 Å². The third-order valence-corrected chi connectivity index (χ3v) is 7.12. The largest absolute Gasteiger partial charge is 0.361 e. The Balaban J connectivity index is 1.44. The van der Waals surface area contributed by atoms with E-state index in [1.54, 1.807) is 4.90 Å². The van der Waals surface area contributed by atoms with Crippen molar-refractivity contribution < 1.29 is 13.2 Å². The maximum absolute atomic E-state index is 12.4. The summed E-state index contributed by atoms with van der Waals surface area (Å²) >= 11 is 0. The third-order valence-electron chi connectivity index (χ3n) is 4.91. The molecule has 2 aliphatic heterocycles. The molecular formula is C16H18N2O3S. The lowest BCUT2D eigenvalue weighted by atomic mass is 10.1. The highest BCUT2D eigenvalue weighted by Gasteiger charge is 2.49. The number of carbonyl (C=O) groups is 1. The van der Waals surface area contributed by atoms with E-state index >= 15 is 0 Å². The van der Waals surface area contributed by atoms with Crippen molar-refractivity contribution in [3.63, 3.8) is 0 Å². The molecule has 2 unspecified atom stereocenters. The summed E-state index contributed by atoms with van der Waals surface area (Å²) in [6, 6.07) is 7.95. The normalized spacial score (nSPS) is 25.9. The minimum atomic E-state index is -2.94. The number of amides is 1. The number of hydrogen-bond acceptors (Lipinski definition) is 3. The highest BCUT2D eigenvalue weighted by molar-refractivity contribution is 7.92. The quantitative estimate of drug-likeness (QED) is 0.932. The highest BCUT2D eigenvalue weighted by Crippen LogP contribution is 2.33. The number of likely N-dealkylation sites (tertiary alicyclic amines) is 1. The van der Waals surface area contributed by atoms with Crippen molar-refractivity contribution in [2.24, 2.45) is 0 Å². The van der Waals surface area contributed by atoms with E-state index in [0.717, 1.165) is 16.5 Å². The van der Waals surface area contributed by atoms with Gasteiger partial charge in [-0.2, -0.15) is 0 Å². The summed E-state index contributed by atoms with van der Waals surface area (Å²) < 4.78 is 23.5. The lowest BCUT2D eigenvalue weighted by Gasteiger charge is -2.26. The molecule has 3 heterocycles. The zero-order chi connectivity index (χ0) is 15.3. The lowest BCUT2D eigenvalue weighted by Crippen LogP contribution is -2.44. The Kier molecular flexibility index (Phi) is 3.04. The molecule has 6 heteroatoms.